The number of carbonyl (C=O) groups is 1. The van der Waals surface area contributed by atoms with Crippen LogP contribution in [0.5, 0.6) is 11.6 Å². The van der Waals surface area contributed by atoms with Crippen LogP contribution in [0.4, 0.5) is 4.39 Å². The van der Waals surface area contributed by atoms with Crippen LogP contribution in [0.2, 0.25) is 5.02 Å². The summed E-state index contributed by atoms with van der Waals surface area (Å²) in [5.74, 6) is -1.40. The van der Waals surface area contributed by atoms with E-state index >= 15 is 0 Å². The Morgan fingerprint density at radius 2 is 2.05 bits per heavy atom. The van der Waals surface area contributed by atoms with E-state index in [-0.39, 0.29) is 17.3 Å². The molecule has 0 aliphatic carbocycles. The van der Waals surface area contributed by atoms with Crippen molar-refractivity contribution in [3.8, 4) is 11.6 Å². The van der Waals surface area contributed by atoms with Crippen LogP contribution in [0.15, 0.2) is 36.5 Å². The fourth-order valence-corrected chi connectivity index (χ4v) is 1.58. The third kappa shape index (κ3) is 3.66. The van der Waals surface area contributed by atoms with Gasteiger partial charge in [-0.15, -0.1) is 0 Å². The second kappa shape index (κ2) is 5.67. The average Bonchev–Trinajstić information content (AvgIpc) is 2.34. The summed E-state index contributed by atoms with van der Waals surface area (Å²) >= 11 is 5.58. The minimum atomic E-state index is -0.918. The van der Waals surface area contributed by atoms with Crippen LogP contribution < -0.4 is 4.74 Å². The molecule has 2 aromatic rings. The van der Waals surface area contributed by atoms with Crippen LogP contribution in [0.1, 0.15) is 5.56 Å². The van der Waals surface area contributed by atoms with Gasteiger partial charge in [-0.2, -0.15) is 0 Å². The quantitative estimate of drug-likeness (QED) is 0.934. The molecule has 0 amide bonds. The van der Waals surface area contributed by atoms with Gasteiger partial charge >= 0.3 is 5.97 Å². The van der Waals surface area contributed by atoms with Gasteiger partial charge in [0.05, 0.1) is 11.4 Å². The topological polar surface area (TPSA) is 59.4 Å². The van der Waals surface area contributed by atoms with Crippen molar-refractivity contribution in [2.24, 2.45) is 0 Å². The Bertz CT molecular complexity index is 601. The van der Waals surface area contributed by atoms with Crippen molar-refractivity contribution in [1.82, 2.24) is 4.98 Å². The smallest absolute Gasteiger partial charge is 0.307 e. The van der Waals surface area contributed by atoms with E-state index in [2.05, 4.69) is 4.98 Å². The molecule has 0 saturated carbocycles. The summed E-state index contributed by atoms with van der Waals surface area (Å²) in [6.45, 7) is 0. The number of carboxylic acid groups (broad SMARTS) is 1. The van der Waals surface area contributed by atoms with Gasteiger partial charge in [0, 0.05) is 6.20 Å². The molecule has 0 aliphatic rings. The summed E-state index contributed by atoms with van der Waals surface area (Å²) < 4.78 is 18.7. The molecule has 0 atom stereocenters. The van der Waals surface area contributed by atoms with Gasteiger partial charge in [0.2, 0.25) is 0 Å². The van der Waals surface area contributed by atoms with Crippen molar-refractivity contribution in [3.05, 3.63) is 52.9 Å². The molecule has 19 heavy (non-hydrogen) atoms. The Balaban J connectivity index is 2.13. The van der Waals surface area contributed by atoms with Crippen molar-refractivity contribution >= 4 is 17.6 Å². The molecule has 1 heterocycles. The average molecular weight is 282 g/mol. The summed E-state index contributed by atoms with van der Waals surface area (Å²) in [7, 11) is 0. The first-order chi connectivity index (χ1) is 9.04. The van der Waals surface area contributed by atoms with E-state index < -0.39 is 11.8 Å². The lowest BCUT2D eigenvalue weighted by Crippen LogP contribution is -1.99. The van der Waals surface area contributed by atoms with Gasteiger partial charge in [-0.05, 0) is 23.8 Å². The Labute approximate surface area is 113 Å². The van der Waals surface area contributed by atoms with Gasteiger partial charge in [0.25, 0.3) is 5.88 Å². The van der Waals surface area contributed by atoms with Gasteiger partial charge in [0.15, 0.2) is 5.82 Å². The van der Waals surface area contributed by atoms with E-state index in [9.17, 15) is 9.18 Å². The number of halogens is 2. The number of ether oxygens (including phenoxy) is 1. The molecular formula is C13H9ClFNO3. The van der Waals surface area contributed by atoms with Crippen LogP contribution >= 0.6 is 11.6 Å². The monoisotopic (exact) mass is 281 g/mol. The molecular weight excluding hydrogens is 273 g/mol. The maximum atomic E-state index is 13.4. The summed E-state index contributed by atoms with van der Waals surface area (Å²) in [6.07, 6.45) is 1.20. The Morgan fingerprint density at radius 3 is 2.63 bits per heavy atom. The highest BCUT2D eigenvalue weighted by atomic mass is 35.5. The summed E-state index contributed by atoms with van der Waals surface area (Å²) in [6, 6.07) is 7.39. The number of carboxylic acids is 1. The predicted octanol–water partition coefficient (Wildman–Crippen LogP) is 3.29. The number of benzene rings is 1. The fourth-order valence-electron chi connectivity index (χ4n) is 1.44. The molecule has 0 radical (unpaired) electrons. The summed E-state index contributed by atoms with van der Waals surface area (Å²) in [4.78, 5) is 14.2. The van der Waals surface area contributed by atoms with Crippen LogP contribution in [-0.2, 0) is 11.2 Å². The molecule has 1 aromatic carbocycles. The van der Waals surface area contributed by atoms with Crippen molar-refractivity contribution in [1.29, 1.82) is 0 Å². The van der Waals surface area contributed by atoms with E-state index in [1.807, 2.05) is 0 Å². The maximum Gasteiger partial charge on any atom is 0.307 e. The van der Waals surface area contributed by atoms with E-state index in [1.54, 1.807) is 24.3 Å². The Hall–Kier alpha value is -2.14. The zero-order valence-electron chi connectivity index (χ0n) is 9.64. The summed E-state index contributed by atoms with van der Waals surface area (Å²) in [5.41, 5.74) is 0.629. The van der Waals surface area contributed by atoms with Crippen molar-refractivity contribution in [3.63, 3.8) is 0 Å². The number of hydrogen-bond donors (Lipinski definition) is 1. The molecule has 4 nitrogen and oxygen atoms in total. The number of aliphatic carboxylic acids is 1. The zero-order valence-corrected chi connectivity index (χ0v) is 10.4. The van der Waals surface area contributed by atoms with Crippen LogP contribution in [-0.4, -0.2) is 16.1 Å². The Morgan fingerprint density at radius 1 is 1.37 bits per heavy atom. The van der Waals surface area contributed by atoms with Gasteiger partial charge < -0.3 is 9.84 Å². The van der Waals surface area contributed by atoms with E-state index in [4.69, 9.17) is 21.4 Å². The van der Waals surface area contributed by atoms with E-state index in [0.717, 1.165) is 6.07 Å². The number of rotatable bonds is 4. The number of aromatic nitrogens is 1. The third-order valence-electron chi connectivity index (χ3n) is 2.27. The molecule has 1 N–H and O–H groups in total. The first-order valence-electron chi connectivity index (χ1n) is 5.34. The van der Waals surface area contributed by atoms with Gasteiger partial charge in [-0.1, -0.05) is 23.7 Å². The first-order valence-corrected chi connectivity index (χ1v) is 5.72. The molecule has 0 bridgehead atoms. The second-order valence-corrected chi connectivity index (χ2v) is 4.19. The predicted molar refractivity (Wildman–Crippen MR) is 67.1 cm³/mol. The van der Waals surface area contributed by atoms with Gasteiger partial charge in [-0.25, -0.2) is 9.37 Å². The molecule has 0 saturated heterocycles. The molecule has 0 aliphatic heterocycles. The standard InChI is InChI=1S/C13H9ClFNO3/c14-9-6-11(15)13(16-7-9)19-10-3-1-8(2-4-10)5-12(17)18/h1-4,6-7H,5H2,(H,17,18). The molecule has 0 spiro atoms. The largest absolute Gasteiger partial charge is 0.481 e. The lowest BCUT2D eigenvalue weighted by molar-refractivity contribution is -0.136. The number of pyridine rings is 1. The fraction of sp³-hybridized carbons (Fsp3) is 0.0769. The molecule has 1 aromatic heterocycles. The highest BCUT2D eigenvalue weighted by Gasteiger charge is 2.07. The van der Waals surface area contributed by atoms with E-state index in [1.165, 1.54) is 6.20 Å². The maximum absolute atomic E-state index is 13.4. The lowest BCUT2D eigenvalue weighted by Gasteiger charge is -2.06. The minimum Gasteiger partial charge on any atom is -0.481 e. The molecule has 6 heteroatoms. The lowest BCUT2D eigenvalue weighted by atomic mass is 10.1. The van der Waals surface area contributed by atoms with Crippen LogP contribution in [0.25, 0.3) is 0 Å². The molecule has 98 valence electrons. The summed E-state index contributed by atoms with van der Waals surface area (Å²) in [5, 5.41) is 8.81. The highest BCUT2D eigenvalue weighted by molar-refractivity contribution is 6.30. The Kier molecular flexibility index (Phi) is 3.97. The normalized spacial score (nSPS) is 10.2. The van der Waals surface area contributed by atoms with Crippen molar-refractivity contribution in [2.75, 3.05) is 0 Å². The number of nitrogens with zero attached hydrogens (tertiary/aromatic N) is 1. The first kappa shape index (κ1) is 13.3. The van der Waals surface area contributed by atoms with Crippen molar-refractivity contribution < 1.29 is 19.0 Å². The molecule has 0 fully saturated rings. The third-order valence-corrected chi connectivity index (χ3v) is 2.47. The molecule has 0 unspecified atom stereocenters. The van der Waals surface area contributed by atoms with Crippen LogP contribution in [0, 0.1) is 5.82 Å². The highest BCUT2D eigenvalue weighted by Crippen LogP contribution is 2.24. The van der Waals surface area contributed by atoms with E-state index in [0.29, 0.717) is 11.3 Å². The van der Waals surface area contributed by atoms with Crippen molar-refractivity contribution in [2.45, 2.75) is 6.42 Å². The minimum absolute atomic E-state index is 0.0756. The number of hydrogen-bond acceptors (Lipinski definition) is 3. The van der Waals surface area contributed by atoms with Gasteiger partial charge in [-0.3, -0.25) is 4.79 Å². The molecule has 2 rings (SSSR count). The van der Waals surface area contributed by atoms with Gasteiger partial charge in [0.1, 0.15) is 5.75 Å². The zero-order chi connectivity index (χ0) is 13.8. The second-order valence-electron chi connectivity index (χ2n) is 3.76. The SMILES string of the molecule is O=C(O)Cc1ccc(Oc2ncc(Cl)cc2F)cc1. The van der Waals surface area contributed by atoms with Crippen LogP contribution in [0.3, 0.4) is 0 Å².